The van der Waals surface area contributed by atoms with Crippen LogP contribution in [0.1, 0.15) is 37.8 Å². The van der Waals surface area contributed by atoms with E-state index < -0.39 is 12.0 Å². The highest BCUT2D eigenvalue weighted by Crippen LogP contribution is 2.16. The van der Waals surface area contributed by atoms with Crippen molar-refractivity contribution in [2.45, 2.75) is 51.1 Å². The Balaban J connectivity index is 0.000000154. The van der Waals surface area contributed by atoms with Crippen molar-refractivity contribution in [1.82, 2.24) is 10.3 Å². The number of fused-ring (bicyclic) bond motifs is 1. The second kappa shape index (κ2) is 7.00. The molecule has 1 saturated heterocycles. The third kappa shape index (κ3) is 3.67. The maximum atomic E-state index is 10.8. The summed E-state index contributed by atoms with van der Waals surface area (Å²) in [5.74, 6) is -1.22. The maximum Gasteiger partial charge on any atom is 0.328 e. The van der Waals surface area contributed by atoms with Gasteiger partial charge in [0.15, 0.2) is 12.5 Å². The van der Waals surface area contributed by atoms with Crippen LogP contribution in [0, 0.1) is 4.91 Å². The number of aryl methyl sites for hydroxylation is 1. The maximum absolute atomic E-state index is 10.8. The Morgan fingerprint density at radius 3 is 2.86 bits per heavy atom. The molecule has 0 bridgehead atoms. The molecule has 3 rings (SSSR count). The van der Waals surface area contributed by atoms with Gasteiger partial charge in [0.1, 0.15) is 6.04 Å². The third-order valence-electron chi connectivity index (χ3n) is 3.67. The lowest BCUT2D eigenvalue weighted by molar-refractivity contribution is -0.772. The number of nitroso groups, excluding NO2 is 1. The predicted molar refractivity (Wildman–Crippen MR) is 66.9 cm³/mol. The van der Waals surface area contributed by atoms with Crippen LogP contribution in [0.5, 0.6) is 5.95 Å². The van der Waals surface area contributed by atoms with E-state index in [9.17, 15) is 14.8 Å². The predicted octanol–water partition coefficient (Wildman–Crippen LogP) is -0.0211. The first kappa shape index (κ1) is 15.2. The minimum absolute atomic E-state index is 0.264. The molecule has 1 N–H and O–H groups in total. The Bertz CT molecular complexity index is 504. The minimum atomic E-state index is -0.954. The molecule has 0 saturated carbocycles. The minimum Gasteiger partial charge on any atom is -0.539 e. The molecule has 0 radical (unpaired) electrons. The van der Waals surface area contributed by atoms with Crippen LogP contribution in [0.25, 0.3) is 0 Å². The van der Waals surface area contributed by atoms with E-state index >= 15 is 0 Å². The lowest BCUT2D eigenvalue weighted by atomic mass is 10.0. The number of piperidine rings is 1. The van der Waals surface area contributed by atoms with Gasteiger partial charge in [-0.2, -0.15) is 0 Å². The van der Waals surface area contributed by atoms with Crippen molar-refractivity contribution in [1.29, 1.82) is 0 Å². The molecule has 116 valence electrons. The van der Waals surface area contributed by atoms with E-state index in [1.807, 2.05) is 0 Å². The molecule has 9 heteroatoms. The highest BCUT2D eigenvalue weighted by atomic mass is 16.6. The smallest absolute Gasteiger partial charge is 0.328 e. The molecular formula is C12H18N4O5. The summed E-state index contributed by atoms with van der Waals surface area (Å²) in [5.41, 5.74) is 0.728. The zero-order valence-corrected chi connectivity index (χ0v) is 11.6. The van der Waals surface area contributed by atoms with Gasteiger partial charge in [0, 0.05) is 19.4 Å². The molecule has 1 unspecified atom stereocenters. The van der Waals surface area contributed by atoms with Crippen LogP contribution >= 0.6 is 0 Å². The Morgan fingerprint density at radius 1 is 1.43 bits per heavy atom. The number of aliphatic carboxylic acids is 1. The number of hydrogen-bond donors (Lipinski definition) is 1. The summed E-state index contributed by atoms with van der Waals surface area (Å²) < 4.78 is 6.13. The summed E-state index contributed by atoms with van der Waals surface area (Å²) in [6.07, 6.45) is 5.25. The quantitative estimate of drug-likeness (QED) is 0.601. The van der Waals surface area contributed by atoms with Crippen molar-refractivity contribution >= 4 is 5.97 Å². The van der Waals surface area contributed by atoms with Crippen molar-refractivity contribution in [2.75, 3.05) is 6.54 Å². The molecule has 2 aliphatic heterocycles. The SMILES string of the molecule is O=NN1CCCCC1C(=O)O.[O-]c1on[n+]2c1CCCC2. The van der Waals surface area contributed by atoms with Gasteiger partial charge in [-0.25, -0.2) is 9.80 Å². The van der Waals surface area contributed by atoms with Crippen LogP contribution in [0.2, 0.25) is 0 Å². The third-order valence-corrected chi connectivity index (χ3v) is 3.67. The summed E-state index contributed by atoms with van der Waals surface area (Å²) >= 11 is 0. The van der Waals surface area contributed by atoms with Gasteiger partial charge in [-0.05, 0) is 25.7 Å². The Kier molecular flexibility index (Phi) is 5.07. The topological polar surface area (TPSA) is 123 Å². The molecule has 1 atom stereocenters. The molecule has 0 aliphatic carbocycles. The molecule has 21 heavy (non-hydrogen) atoms. The molecule has 0 spiro atoms. The van der Waals surface area contributed by atoms with E-state index in [0.717, 1.165) is 49.4 Å². The zero-order chi connectivity index (χ0) is 15.2. The van der Waals surface area contributed by atoms with Crippen molar-refractivity contribution in [3.05, 3.63) is 10.6 Å². The Hall–Kier alpha value is -2.19. The first-order valence-electron chi connectivity index (χ1n) is 7.02. The highest BCUT2D eigenvalue weighted by Gasteiger charge is 2.28. The first-order valence-corrected chi connectivity index (χ1v) is 7.02. The average molecular weight is 298 g/mol. The summed E-state index contributed by atoms with van der Waals surface area (Å²) in [6, 6.07) is -0.693. The van der Waals surface area contributed by atoms with Crippen LogP contribution in [-0.4, -0.2) is 33.9 Å². The number of hydrogen-bond acceptors (Lipinski definition) is 6. The second-order valence-electron chi connectivity index (χ2n) is 5.08. The first-order chi connectivity index (χ1) is 10.1. The van der Waals surface area contributed by atoms with Gasteiger partial charge in [0.05, 0.1) is 10.6 Å². The van der Waals surface area contributed by atoms with Gasteiger partial charge >= 0.3 is 5.97 Å². The molecule has 3 heterocycles. The Labute approximate surface area is 121 Å². The van der Waals surface area contributed by atoms with Gasteiger partial charge < -0.3 is 14.7 Å². The van der Waals surface area contributed by atoms with Crippen LogP contribution in [0.15, 0.2) is 9.81 Å². The van der Waals surface area contributed by atoms with Crippen LogP contribution in [0.3, 0.4) is 0 Å². The fourth-order valence-electron chi connectivity index (χ4n) is 2.52. The molecule has 9 nitrogen and oxygen atoms in total. The molecular weight excluding hydrogens is 280 g/mol. The van der Waals surface area contributed by atoms with E-state index in [1.54, 1.807) is 4.68 Å². The molecule has 1 fully saturated rings. The largest absolute Gasteiger partial charge is 0.539 e. The number of aromatic nitrogens is 2. The second-order valence-corrected chi connectivity index (χ2v) is 5.08. The lowest BCUT2D eigenvalue weighted by Crippen LogP contribution is -2.42. The molecule has 1 aromatic heterocycles. The Morgan fingerprint density at radius 2 is 2.24 bits per heavy atom. The van der Waals surface area contributed by atoms with Crippen LogP contribution in [-0.2, 0) is 17.8 Å². The van der Waals surface area contributed by atoms with Crippen molar-refractivity contribution in [3.63, 3.8) is 0 Å². The fourth-order valence-corrected chi connectivity index (χ4v) is 2.52. The fraction of sp³-hybridized carbons (Fsp3) is 0.750. The standard InChI is InChI=1S/C6H10N2O3.C6H8N2O2/c9-6(10)5-3-1-2-4-8(5)7-11;9-6-5-3-1-2-4-8(5)7-10-6/h5H,1-4H2,(H,9,10);1-4H2. The normalized spacial score (nSPS) is 21.0. The van der Waals surface area contributed by atoms with E-state index in [1.165, 1.54) is 0 Å². The summed E-state index contributed by atoms with van der Waals surface area (Å²) in [6.45, 7) is 1.31. The summed E-state index contributed by atoms with van der Waals surface area (Å²) in [5, 5.41) is 26.8. The molecule has 1 aromatic rings. The van der Waals surface area contributed by atoms with Crippen molar-refractivity contribution in [3.8, 4) is 5.95 Å². The van der Waals surface area contributed by atoms with Gasteiger partial charge in [0.2, 0.25) is 5.69 Å². The molecule has 0 amide bonds. The van der Waals surface area contributed by atoms with Crippen LogP contribution < -0.4 is 9.79 Å². The van der Waals surface area contributed by atoms with Crippen molar-refractivity contribution in [2.24, 2.45) is 5.29 Å². The zero-order valence-electron chi connectivity index (χ0n) is 11.6. The van der Waals surface area contributed by atoms with E-state index in [0.29, 0.717) is 13.0 Å². The number of carbonyl (C=O) groups is 1. The molecule has 0 aromatic carbocycles. The van der Waals surface area contributed by atoms with E-state index in [-0.39, 0.29) is 5.95 Å². The summed E-state index contributed by atoms with van der Waals surface area (Å²) in [4.78, 5) is 20.6. The van der Waals surface area contributed by atoms with E-state index in [4.69, 9.17) is 5.11 Å². The van der Waals surface area contributed by atoms with E-state index in [2.05, 4.69) is 15.1 Å². The average Bonchev–Trinajstić information content (AvgIpc) is 2.90. The van der Waals surface area contributed by atoms with Crippen molar-refractivity contribution < 1.29 is 24.2 Å². The highest BCUT2D eigenvalue weighted by molar-refractivity contribution is 5.73. The number of carboxylic acids is 1. The van der Waals surface area contributed by atoms with Crippen LogP contribution in [0.4, 0.5) is 0 Å². The lowest BCUT2D eigenvalue weighted by Gasteiger charge is -2.26. The monoisotopic (exact) mass is 298 g/mol. The number of nitrogens with zero attached hydrogens (tertiary/aromatic N) is 4. The number of rotatable bonds is 2. The van der Waals surface area contributed by atoms with Gasteiger partial charge in [-0.15, -0.1) is 4.91 Å². The van der Waals surface area contributed by atoms with Gasteiger partial charge in [0.25, 0.3) is 0 Å². The molecule has 2 aliphatic rings. The summed E-state index contributed by atoms with van der Waals surface area (Å²) in [7, 11) is 0. The number of carboxylic acid groups (broad SMARTS) is 1. The van der Waals surface area contributed by atoms with Gasteiger partial charge in [-0.1, -0.05) is 4.68 Å². The van der Waals surface area contributed by atoms with Gasteiger partial charge in [-0.3, -0.25) is 0 Å².